The Hall–Kier alpha value is -3.90. The Balaban J connectivity index is 1.87. The van der Waals surface area contributed by atoms with E-state index >= 15 is 0 Å². The van der Waals surface area contributed by atoms with Crippen molar-refractivity contribution >= 4 is 49.0 Å². The Morgan fingerprint density at radius 3 is 2.28 bits per heavy atom. The molecule has 0 saturated carbocycles. The molecule has 154 valence electrons. The average molecular weight is 414 g/mol. The van der Waals surface area contributed by atoms with Crippen LogP contribution in [0.5, 0.6) is 0 Å². The molecule has 3 aromatic heterocycles. The fraction of sp³-hybridized carbons (Fsp3) is 0.172. The first-order chi connectivity index (χ1) is 15.4. The molecule has 0 amide bonds. The van der Waals surface area contributed by atoms with Gasteiger partial charge in [-0.2, -0.15) is 5.26 Å². The molecular formula is C29H23N3. The minimum atomic E-state index is 0.193. The van der Waals surface area contributed by atoms with Gasteiger partial charge in [-0.3, -0.25) is 4.98 Å². The van der Waals surface area contributed by atoms with Crippen LogP contribution in [0.25, 0.3) is 49.0 Å². The molecule has 0 radical (unpaired) electrons. The molecule has 0 bridgehead atoms. The van der Waals surface area contributed by atoms with Gasteiger partial charge in [0.25, 0.3) is 0 Å². The molecule has 0 N–H and O–H groups in total. The minimum Gasteiger partial charge on any atom is -0.308 e. The fourth-order valence-electron chi connectivity index (χ4n) is 5.01. The van der Waals surface area contributed by atoms with E-state index < -0.39 is 0 Å². The molecule has 6 rings (SSSR count). The zero-order chi connectivity index (χ0) is 22.0. The first-order valence-corrected chi connectivity index (χ1v) is 11.0. The normalized spacial score (nSPS) is 12.3. The average Bonchev–Trinajstić information content (AvgIpc) is 3.18. The lowest BCUT2D eigenvalue weighted by molar-refractivity contribution is 0.412. The number of pyridine rings is 2. The Bertz CT molecular complexity index is 1740. The summed E-state index contributed by atoms with van der Waals surface area (Å²) in [6, 6.07) is 26.1. The van der Waals surface area contributed by atoms with Gasteiger partial charge in [0.2, 0.25) is 0 Å². The van der Waals surface area contributed by atoms with Crippen molar-refractivity contribution in [3.8, 4) is 6.07 Å². The maximum Gasteiger partial charge on any atom is 0.101 e. The van der Waals surface area contributed by atoms with Crippen LogP contribution in [0.15, 0.2) is 72.9 Å². The van der Waals surface area contributed by atoms with Crippen molar-refractivity contribution in [3.05, 3.63) is 84.1 Å². The summed E-state index contributed by atoms with van der Waals surface area (Å²) in [6.07, 6.45) is 2.68. The van der Waals surface area contributed by atoms with Gasteiger partial charge in [-0.25, -0.2) is 0 Å². The van der Waals surface area contributed by atoms with Crippen LogP contribution >= 0.6 is 0 Å². The third kappa shape index (κ3) is 2.77. The van der Waals surface area contributed by atoms with E-state index in [0.717, 1.165) is 33.7 Å². The van der Waals surface area contributed by atoms with Crippen LogP contribution in [0.2, 0.25) is 0 Å². The predicted octanol–water partition coefficient (Wildman–Crippen LogP) is 7.41. The molecule has 0 unspecified atom stereocenters. The summed E-state index contributed by atoms with van der Waals surface area (Å²) < 4.78 is 2.36. The highest BCUT2D eigenvalue weighted by atomic mass is 14.9. The summed E-state index contributed by atoms with van der Waals surface area (Å²) in [5.41, 5.74) is 6.52. The van der Waals surface area contributed by atoms with Gasteiger partial charge in [0, 0.05) is 22.4 Å². The molecule has 3 heterocycles. The second kappa shape index (κ2) is 6.55. The number of benzene rings is 3. The molecule has 3 aromatic carbocycles. The Labute approximate surface area is 186 Å². The SMILES string of the molecule is CC(C)(C)Cc1cccc2c1cc1c3cc(C#N)cnc3c3cc4ccccc4cc3n21. The first-order valence-electron chi connectivity index (χ1n) is 11.0. The van der Waals surface area contributed by atoms with Gasteiger partial charge in [-0.1, -0.05) is 57.2 Å². The molecule has 0 spiro atoms. The maximum absolute atomic E-state index is 9.54. The van der Waals surface area contributed by atoms with Crippen LogP contribution < -0.4 is 0 Å². The van der Waals surface area contributed by atoms with Crippen LogP contribution in [0.3, 0.4) is 0 Å². The smallest absolute Gasteiger partial charge is 0.101 e. The summed E-state index contributed by atoms with van der Waals surface area (Å²) in [7, 11) is 0. The van der Waals surface area contributed by atoms with E-state index in [1.807, 2.05) is 6.07 Å². The van der Waals surface area contributed by atoms with E-state index in [-0.39, 0.29) is 5.41 Å². The fourth-order valence-corrected chi connectivity index (χ4v) is 5.01. The molecule has 0 fully saturated rings. The first kappa shape index (κ1) is 18.8. The number of fused-ring (bicyclic) bond motifs is 9. The molecule has 0 aliphatic rings. The van der Waals surface area contributed by atoms with E-state index in [9.17, 15) is 5.26 Å². The molecule has 3 nitrogen and oxygen atoms in total. The van der Waals surface area contributed by atoms with Gasteiger partial charge < -0.3 is 4.40 Å². The van der Waals surface area contributed by atoms with Crippen molar-refractivity contribution in [2.24, 2.45) is 5.41 Å². The number of hydrogen-bond donors (Lipinski definition) is 0. The monoisotopic (exact) mass is 413 g/mol. The number of nitriles is 1. The lowest BCUT2D eigenvalue weighted by Gasteiger charge is -2.18. The minimum absolute atomic E-state index is 0.193. The van der Waals surface area contributed by atoms with Crippen molar-refractivity contribution < 1.29 is 0 Å². The Morgan fingerprint density at radius 2 is 1.53 bits per heavy atom. The molecule has 0 aliphatic carbocycles. The molecule has 32 heavy (non-hydrogen) atoms. The second-order valence-electron chi connectivity index (χ2n) is 9.90. The number of nitrogens with zero attached hydrogens (tertiary/aromatic N) is 3. The number of aromatic nitrogens is 2. The second-order valence-corrected chi connectivity index (χ2v) is 9.90. The van der Waals surface area contributed by atoms with Gasteiger partial charge in [-0.05, 0) is 58.5 Å². The third-order valence-electron chi connectivity index (χ3n) is 6.31. The summed E-state index contributed by atoms with van der Waals surface area (Å²) >= 11 is 0. The summed E-state index contributed by atoms with van der Waals surface area (Å²) in [6.45, 7) is 6.84. The van der Waals surface area contributed by atoms with Gasteiger partial charge in [0.15, 0.2) is 0 Å². The van der Waals surface area contributed by atoms with Crippen molar-refractivity contribution in [3.63, 3.8) is 0 Å². The van der Waals surface area contributed by atoms with Gasteiger partial charge in [0.05, 0.1) is 27.6 Å². The summed E-state index contributed by atoms with van der Waals surface area (Å²) in [5.74, 6) is 0. The standard InChI is InChI=1S/C29H23N3/c1-29(2,3)15-21-9-6-10-25-22(21)14-27-23-11-18(16-30)17-31-28(23)24-12-19-7-4-5-8-20(19)13-26(24)32(25)27/h4-14,17H,15H2,1-3H3. The molecule has 6 aromatic rings. The van der Waals surface area contributed by atoms with Gasteiger partial charge >= 0.3 is 0 Å². The van der Waals surface area contributed by atoms with Crippen molar-refractivity contribution in [2.75, 3.05) is 0 Å². The van der Waals surface area contributed by atoms with Crippen LogP contribution in [0, 0.1) is 16.7 Å². The van der Waals surface area contributed by atoms with E-state index in [4.69, 9.17) is 4.98 Å². The summed E-state index contributed by atoms with van der Waals surface area (Å²) in [5, 5.41) is 15.3. The third-order valence-corrected chi connectivity index (χ3v) is 6.31. The lowest BCUT2D eigenvalue weighted by Crippen LogP contribution is -2.09. The van der Waals surface area contributed by atoms with E-state index in [1.54, 1.807) is 6.20 Å². The lowest BCUT2D eigenvalue weighted by atomic mass is 9.87. The molecule has 0 saturated heterocycles. The molecule has 3 heteroatoms. The van der Waals surface area contributed by atoms with E-state index in [2.05, 4.69) is 91.9 Å². The highest BCUT2D eigenvalue weighted by molar-refractivity contribution is 6.17. The van der Waals surface area contributed by atoms with Gasteiger partial charge in [-0.15, -0.1) is 0 Å². The molecule has 0 aliphatic heterocycles. The van der Waals surface area contributed by atoms with Crippen molar-refractivity contribution in [1.29, 1.82) is 5.26 Å². The topological polar surface area (TPSA) is 41.1 Å². The number of rotatable bonds is 1. The quantitative estimate of drug-likeness (QED) is 0.208. The van der Waals surface area contributed by atoms with Crippen molar-refractivity contribution in [1.82, 2.24) is 9.38 Å². The number of hydrogen-bond acceptors (Lipinski definition) is 2. The van der Waals surface area contributed by atoms with E-state index in [0.29, 0.717) is 5.56 Å². The zero-order valence-electron chi connectivity index (χ0n) is 18.5. The Morgan fingerprint density at radius 1 is 0.812 bits per heavy atom. The van der Waals surface area contributed by atoms with Crippen molar-refractivity contribution in [2.45, 2.75) is 27.2 Å². The van der Waals surface area contributed by atoms with Crippen LogP contribution in [0.1, 0.15) is 31.9 Å². The van der Waals surface area contributed by atoms with Gasteiger partial charge in [0.1, 0.15) is 6.07 Å². The van der Waals surface area contributed by atoms with Crippen LogP contribution in [-0.4, -0.2) is 9.38 Å². The largest absolute Gasteiger partial charge is 0.308 e. The molecule has 0 atom stereocenters. The zero-order valence-corrected chi connectivity index (χ0v) is 18.5. The highest BCUT2D eigenvalue weighted by Gasteiger charge is 2.18. The highest BCUT2D eigenvalue weighted by Crippen LogP contribution is 2.37. The Kier molecular flexibility index (Phi) is 3.85. The van der Waals surface area contributed by atoms with E-state index in [1.165, 1.54) is 27.2 Å². The predicted molar refractivity (Wildman–Crippen MR) is 133 cm³/mol. The van der Waals surface area contributed by atoms with Crippen LogP contribution in [-0.2, 0) is 6.42 Å². The molecular weight excluding hydrogens is 390 g/mol. The maximum atomic E-state index is 9.54. The van der Waals surface area contributed by atoms with Crippen LogP contribution in [0.4, 0.5) is 0 Å². The summed E-state index contributed by atoms with van der Waals surface area (Å²) in [4.78, 5) is 4.75.